The minimum absolute atomic E-state index is 0.0582. The summed E-state index contributed by atoms with van der Waals surface area (Å²) in [6.07, 6.45) is 2.75. The van der Waals surface area contributed by atoms with Crippen molar-refractivity contribution in [2.24, 2.45) is 11.3 Å². The van der Waals surface area contributed by atoms with Gasteiger partial charge in [-0.05, 0) is 24.7 Å². The molecular formula is C12H24O2. The molecular weight excluding hydrogens is 176 g/mol. The summed E-state index contributed by atoms with van der Waals surface area (Å²) in [6, 6.07) is 0. The van der Waals surface area contributed by atoms with Crippen LogP contribution in [-0.2, 0) is 9.53 Å². The molecule has 0 aliphatic heterocycles. The predicted octanol–water partition coefficient (Wildman–Crippen LogP) is 3.40. The molecule has 1 atom stereocenters. The van der Waals surface area contributed by atoms with E-state index in [-0.39, 0.29) is 11.4 Å². The van der Waals surface area contributed by atoms with Crippen molar-refractivity contribution >= 4 is 5.97 Å². The molecule has 0 aliphatic carbocycles. The van der Waals surface area contributed by atoms with Gasteiger partial charge in [-0.15, -0.1) is 0 Å². The highest BCUT2D eigenvalue weighted by Gasteiger charge is 2.30. The van der Waals surface area contributed by atoms with Crippen LogP contribution in [0.2, 0.25) is 0 Å². The Morgan fingerprint density at radius 2 is 1.93 bits per heavy atom. The van der Waals surface area contributed by atoms with E-state index in [2.05, 4.69) is 27.7 Å². The van der Waals surface area contributed by atoms with Gasteiger partial charge in [-0.1, -0.05) is 34.1 Å². The van der Waals surface area contributed by atoms with Crippen LogP contribution in [0.4, 0.5) is 0 Å². The maximum atomic E-state index is 11.4. The summed E-state index contributed by atoms with van der Waals surface area (Å²) in [7, 11) is 0. The molecule has 0 saturated carbocycles. The first-order chi connectivity index (χ1) is 6.46. The SMILES string of the molecule is CCCC(C)(CC(=O)OCC)C(C)C. The molecule has 0 bridgehead atoms. The first kappa shape index (κ1) is 13.5. The molecule has 0 aromatic rings. The van der Waals surface area contributed by atoms with E-state index in [1.807, 2.05) is 6.92 Å². The first-order valence-electron chi connectivity index (χ1n) is 5.62. The fraction of sp³-hybridized carbons (Fsp3) is 0.917. The lowest BCUT2D eigenvalue weighted by atomic mass is 9.73. The maximum Gasteiger partial charge on any atom is 0.306 e. The molecule has 0 saturated heterocycles. The second-order valence-electron chi connectivity index (χ2n) is 4.54. The van der Waals surface area contributed by atoms with E-state index in [0.717, 1.165) is 12.8 Å². The summed E-state index contributed by atoms with van der Waals surface area (Å²) < 4.78 is 5.00. The van der Waals surface area contributed by atoms with Crippen molar-refractivity contribution in [1.82, 2.24) is 0 Å². The summed E-state index contributed by atoms with van der Waals surface area (Å²) in [5.41, 5.74) is 0.0982. The van der Waals surface area contributed by atoms with Crippen LogP contribution < -0.4 is 0 Å². The maximum absolute atomic E-state index is 11.4. The Balaban J connectivity index is 4.28. The zero-order valence-electron chi connectivity index (χ0n) is 10.2. The van der Waals surface area contributed by atoms with Crippen LogP contribution in [0.3, 0.4) is 0 Å². The van der Waals surface area contributed by atoms with Gasteiger partial charge in [0.05, 0.1) is 13.0 Å². The van der Waals surface area contributed by atoms with Crippen molar-refractivity contribution in [3.8, 4) is 0 Å². The van der Waals surface area contributed by atoms with E-state index in [4.69, 9.17) is 4.74 Å². The molecule has 0 rings (SSSR count). The Bertz CT molecular complexity index is 175. The van der Waals surface area contributed by atoms with Gasteiger partial charge in [0, 0.05) is 0 Å². The quantitative estimate of drug-likeness (QED) is 0.614. The number of ether oxygens (including phenoxy) is 1. The Labute approximate surface area is 88.0 Å². The summed E-state index contributed by atoms with van der Waals surface area (Å²) in [6.45, 7) is 11.0. The van der Waals surface area contributed by atoms with Crippen molar-refractivity contribution in [3.05, 3.63) is 0 Å². The lowest BCUT2D eigenvalue weighted by Gasteiger charge is -2.32. The van der Waals surface area contributed by atoms with Crippen molar-refractivity contribution in [3.63, 3.8) is 0 Å². The fourth-order valence-electron chi connectivity index (χ4n) is 1.69. The third-order valence-corrected chi connectivity index (χ3v) is 3.07. The number of rotatable bonds is 6. The third kappa shape index (κ3) is 4.12. The Morgan fingerprint density at radius 1 is 1.36 bits per heavy atom. The van der Waals surface area contributed by atoms with Gasteiger partial charge in [0.2, 0.25) is 0 Å². The summed E-state index contributed by atoms with van der Waals surface area (Å²) in [4.78, 5) is 11.4. The van der Waals surface area contributed by atoms with Crippen LogP contribution in [0.15, 0.2) is 0 Å². The van der Waals surface area contributed by atoms with Gasteiger partial charge in [-0.2, -0.15) is 0 Å². The van der Waals surface area contributed by atoms with E-state index in [1.165, 1.54) is 0 Å². The standard InChI is InChI=1S/C12H24O2/c1-6-8-12(5,10(3)4)9-11(13)14-7-2/h10H,6-9H2,1-5H3. The van der Waals surface area contributed by atoms with Gasteiger partial charge in [0.1, 0.15) is 0 Å². The van der Waals surface area contributed by atoms with Gasteiger partial charge in [-0.25, -0.2) is 0 Å². The number of carbonyl (C=O) groups is 1. The van der Waals surface area contributed by atoms with E-state index < -0.39 is 0 Å². The van der Waals surface area contributed by atoms with Gasteiger partial charge < -0.3 is 4.74 Å². The number of carbonyl (C=O) groups excluding carboxylic acids is 1. The van der Waals surface area contributed by atoms with Gasteiger partial charge >= 0.3 is 5.97 Å². The molecule has 1 unspecified atom stereocenters. The van der Waals surface area contributed by atoms with Gasteiger partial charge in [0.15, 0.2) is 0 Å². The van der Waals surface area contributed by atoms with E-state index in [9.17, 15) is 4.79 Å². The van der Waals surface area contributed by atoms with Crippen LogP contribution in [-0.4, -0.2) is 12.6 Å². The van der Waals surface area contributed by atoms with Crippen molar-refractivity contribution in [2.75, 3.05) is 6.61 Å². The average molecular weight is 200 g/mol. The lowest BCUT2D eigenvalue weighted by Crippen LogP contribution is -2.27. The molecule has 0 N–H and O–H groups in total. The molecule has 0 heterocycles. The van der Waals surface area contributed by atoms with Crippen LogP contribution in [0.25, 0.3) is 0 Å². The molecule has 0 aliphatic rings. The van der Waals surface area contributed by atoms with Crippen molar-refractivity contribution < 1.29 is 9.53 Å². The molecule has 0 spiro atoms. The highest BCUT2D eigenvalue weighted by Crippen LogP contribution is 2.36. The minimum atomic E-state index is -0.0582. The molecule has 2 heteroatoms. The summed E-state index contributed by atoms with van der Waals surface area (Å²) in [5, 5.41) is 0. The molecule has 84 valence electrons. The van der Waals surface area contributed by atoms with Crippen molar-refractivity contribution in [2.45, 2.75) is 53.9 Å². The van der Waals surface area contributed by atoms with E-state index >= 15 is 0 Å². The van der Waals surface area contributed by atoms with Gasteiger partial charge in [0.25, 0.3) is 0 Å². The Morgan fingerprint density at radius 3 is 2.29 bits per heavy atom. The van der Waals surface area contributed by atoms with Crippen LogP contribution in [0.5, 0.6) is 0 Å². The predicted molar refractivity (Wildman–Crippen MR) is 59.1 cm³/mol. The smallest absolute Gasteiger partial charge is 0.306 e. The third-order valence-electron chi connectivity index (χ3n) is 3.07. The lowest BCUT2D eigenvalue weighted by molar-refractivity contribution is -0.146. The molecule has 0 fully saturated rings. The zero-order chi connectivity index (χ0) is 11.2. The molecule has 0 radical (unpaired) electrons. The molecule has 2 nitrogen and oxygen atoms in total. The number of esters is 1. The molecule has 0 aromatic carbocycles. The second kappa shape index (κ2) is 6.05. The highest BCUT2D eigenvalue weighted by atomic mass is 16.5. The highest BCUT2D eigenvalue weighted by molar-refractivity contribution is 5.70. The minimum Gasteiger partial charge on any atom is -0.466 e. The summed E-state index contributed by atoms with van der Waals surface area (Å²) in [5.74, 6) is 0.462. The normalized spacial score (nSPS) is 15.3. The average Bonchev–Trinajstić information content (AvgIpc) is 2.04. The van der Waals surface area contributed by atoms with Crippen LogP contribution in [0, 0.1) is 11.3 Å². The summed E-state index contributed by atoms with van der Waals surface area (Å²) >= 11 is 0. The topological polar surface area (TPSA) is 26.3 Å². The van der Waals surface area contributed by atoms with Crippen LogP contribution in [0.1, 0.15) is 53.9 Å². The second-order valence-corrected chi connectivity index (χ2v) is 4.54. The van der Waals surface area contributed by atoms with Crippen molar-refractivity contribution in [1.29, 1.82) is 0 Å². The molecule has 0 amide bonds. The van der Waals surface area contributed by atoms with E-state index in [1.54, 1.807) is 0 Å². The molecule has 0 aromatic heterocycles. The Hall–Kier alpha value is -0.530. The monoisotopic (exact) mass is 200 g/mol. The zero-order valence-corrected chi connectivity index (χ0v) is 10.2. The molecule has 14 heavy (non-hydrogen) atoms. The largest absolute Gasteiger partial charge is 0.466 e. The van der Waals surface area contributed by atoms with Gasteiger partial charge in [-0.3, -0.25) is 4.79 Å². The van der Waals surface area contributed by atoms with E-state index in [0.29, 0.717) is 18.9 Å². The fourth-order valence-corrected chi connectivity index (χ4v) is 1.69. The number of hydrogen-bond acceptors (Lipinski definition) is 2. The number of hydrogen-bond donors (Lipinski definition) is 0. The Kier molecular flexibility index (Phi) is 5.82. The first-order valence-corrected chi connectivity index (χ1v) is 5.62. The van der Waals surface area contributed by atoms with Crippen LogP contribution >= 0.6 is 0 Å².